The van der Waals surface area contributed by atoms with Gasteiger partial charge in [-0.25, -0.2) is 9.37 Å². The third kappa shape index (κ3) is 4.50. The molecule has 6 nitrogen and oxygen atoms in total. The zero-order valence-electron chi connectivity index (χ0n) is 16.3. The van der Waals surface area contributed by atoms with E-state index in [-0.39, 0.29) is 23.8 Å². The largest absolute Gasteiger partial charge is 0.486 e. The van der Waals surface area contributed by atoms with Crippen LogP contribution in [0.15, 0.2) is 29.2 Å². The lowest BCUT2D eigenvalue weighted by Crippen LogP contribution is -2.37. The zero-order chi connectivity index (χ0) is 20.1. The van der Waals surface area contributed by atoms with Gasteiger partial charge in [-0.1, -0.05) is 13.8 Å². The fourth-order valence-electron chi connectivity index (χ4n) is 3.28. The topological polar surface area (TPSA) is 71.2 Å². The Morgan fingerprint density at radius 1 is 1.29 bits per heavy atom. The van der Waals surface area contributed by atoms with Gasteiger partial charge >= 0.3 is 0 Å². The second-order valence-corrected chi connectivity index (χ2v) is 7.48. The summed E-state index contributed by atoms with van der Waals surface area (Å²) in [7, 11) is 0. The van der Waals surface area contributed by atoms with Crippen LogP contribution in [-0.2, 0) is 6.54 Å². The molecule has 0 amide bonds. The SMILES string of the molecule is CC(C)COc1cnc(N2CCCCC2)n(Cc2cc(F)ccc2C#N)c1=O. The standard InChI is InChI=1S/C21H25FN4O2/c1-15(2)14-28-19-12-24-21(25-8-4-3-5-9-25)26(20(19)27)13-17-10-18(22)7-6-16(17)11-23/h6-7,10,12,15H,3-5,8-9,13-14H2,1-2H3. The Balaban J connectivity index is 2.04. The normalized spacial score (nSPS) is 14.2. The van der Waals surface area contributed by atoms with E-state index >= 15 is 0 Å². The van der Waals surface area contributed by atoms with Crippen molar-refractivity contribution in [1.29, 1.82) is 5.26 Å². The van der Waals surface area contributed by atoms with E-state index < -0.39 is 5.82 Å². The summed E-state index contributed by atoms with van der Waals surface area (Å²) in [4.78, 5) is 19.7. The van der Waals surface area contributed by atoms with Gasteiger partial charge in [-0.3, -0.25) is 9.36 Å². The van der Waals surface area contributed by atoms with Crippen LogP contribution in [-0.4, -0.2) is 29.2 Å². The molecule has 148 valence electrons. The molecule has 1 aliphatic rings. The summed E-state index contributed by atoms with van der Waals surface area (Å²) in [5, 5.41) is 9.36. The highest BCUT2D eigenvalue weighted by molar-refractivity contribution is 5.41. The number of hydrogen-bond acceptors (Lipinski definition) is 5. The number of rotatable bonds is 6. The monoisotopic (exact) mass is 384 g/mol. The smallest absolute Gasteiger partial charge is 0.297 e. The molecule has 0 saturated carbocycles. The van der Waals surface area contributed by atoms with Crippen LogP contribution in [0.2, 0.25) is 0 Å². The summed E-state index contributed by atoms with van der Waals surface area (Å²) in [5.74, 6) is 0.531. The number of anilines is 1. The average Bonchev–Trinajstić information content (AvgIpc) is 2.69. The first kappa shape index (κ1) is 19.9. The summed E-state index contributed by atoms with van der Waals surface area (Å²) in [5.41, 5.74) is 0.474. The van der Waals surface area contributed by atoms with Crippen LogP contribution in [0.4, 0.5) is 10.3 Å². The minimum atomic E-state index is -0.443. The minimum absolute atomic E-state index is 0.0667. The van der Waals surface area contributed by atoms with Gasteiger partial charge in [0.2, 0.25) is 11.7 Å². The maximum absolute atomic E-state index is 13.8. The molecule has 7 heteroatoms. The number of ether oxygens (including phenoxy) is 1. The molecule has 28 heavy (non-hydrogen) atoms. The van der Waals surface area contributed by atoms with Crippen molar-refractivity contribution in [2.75, 3.05) is 24.6 Å². The van der Waals surface area contributed by atoms with Crippen molar-refractivity contribution < 1.29 is 9.13 Å². The maximum Gasteiger partial charge on any atom is 0.297 e. The van der Waals surface area contributed by atoms with E-state index in [0.29, 0.717) is 23.7 Å². The van der Waals surface area contributed by atoms with Gasteiger partial charge in [0.25, 0.3) is 5.56 Å². The molecule has 1 saturated heterocycles. The van der Waals surface area contributed by atoms with E-state index in [2.05, 4.69) is 16.0 Å². The Hall–Kier alpha value is -2.88. The molecular weight excluding hydrogens is 359 g/mol. The highest BCUT2D eigenvalue weighted by Gasteiger charge is 2.20. The third-order valence-corrected chi connectivity index (χ3v) is 4.72. The summed E-state index contributed by atoms with van der Waals surface area (Å²) in [6.07, 6.45) is 4.69. The number of halogens is 1. The van der Waals surface area contributed by atoms with Gasteiger partial charge in [-0.2, -0.15) is 5.26 Å². The van der Waals surface area contributed by atoms with Crippen molar-refractivity contribution in [2.24, 2.45) is 5.92 Å². The molecule has 0 unspecified atom stereocenters. The first-order valence-corrected chi connectivity index (χ1v) is 9.65. The fraction of sp³-hybridized carbons (Fsp3) is 0.476. The van der Waals surface area contributed by atoms with Crippen LogP contribution >= 0.6 is 0 Å². The number of piperidine rings is 1. The Kier molecular flexibility index (Phi) is 6.30. The van der Waals surface area contributed by atoms with E-state index in [1.807, 2.05) is 13.8 Å². The molecule has 0 aliphatic carbocycles. The summed E-state index contributed by atoms with van der Waals surface area (Å²) >= 11 is 0. The molecule has 2 heterocycles. The Morgan fingerprint density at radius 3 is 2.71 bits per heavy atom. The molecule has 0 radical (unpaired) electrons. The van der Waals surface area contributed by atoms with Gasteiger partial charge in [-0.15, -0.1) is 0 Å². The molecule has 0 bridgehead atoms. The number of benzene rings is 1. The first-order valence-electron chi connectivity index (χ1n) is 9.65. The molecule has 0 atom stereocenters. The van der Waals surface area contributed by atoms with Crippen molar-refractivity contribution in [3.63, 3.8) is 0 Å². The molecule has 2 aromatic rings. The summed E-state index contributed by atoms with van der Waals surface area (Å²) in [6, 6.07) is 6.05. The molecule has 1 aliphatic heterocycles. The lowest BCUT2D eigenvalue weighted by atomic mass is 10.1. The van der Waals surface area contributed by atoms with E-state index in [0.717, 1.165) is 32.4 Å². The maximum atomic E-state index is 13.8. The van der Waals surface area contributed by atoms with Gasteiger partial charge in [0.15, 0.2) is 0 Å². The van der Waals surface area contributed by atoms with Gasteiger partial charge in [0.1, 0.15) is 5.82 Å². The van der Waals surface area contributed by atoms with Crippen LogP contribution < -0.4 is 15.2 Å². The van der Waals surface area contributed by atoms with E-state index in [1.54, 1.807) is 0 Å². The highest BCUT2D eigenvalue weighted by atomic mass is 19.1. The van der Waals surface area contributed by atoms with Gasteiger partial charge in [-0.05, 0) is 48.9 Å². The molecule has 3 rings (SSSR count). The molecule has 1 aromatic carbocycles. The lowest BCUT2D eigenvalue weighted by Gasteiger charge is -2.29. The Morgan fingerprint density at radius 2 is 2.04 bits per heavy atom. The van der Waals surface area contributed by atoms with Gasteiger partial charge in [0.05, 0.1) is 31.0 Å². The Bertz CT molecular complexity index is 927. The quantitative estimate of drug-likeness (QED) is 0.764. The second kappa shape index (κ2) is 8.87. The van der Waals surface area contributed by atoms with E-state index in [1.165, 1.54) is 29.0 Å². The third-order valence-electron chi connectivity index (χ3n) is 4.72. The summed E-state index contributed by atoms with van der Waals surface area (Å²) in [6.45, 7) is 6.10. The first-order chi connectivity index (χ1) is 13.5. The molecule has 1 aromatic heterocycles. The van der Waals surface area contributed by atoms with Gasteiger partial charge < -0.3 is 9.64 Å². The van der Waals surface area contributed by atoms with Crippen molar-refractivity contribution in [1.82, 2.24) is 9.55 Å². The molecule has 0 N–H and O–H groups in total. The second-order valence-electron chi connectivity index (χ2n) is 7.48. The van der Waals surface area contributed by atoms with E-state index in [4.69, 9.17) is 4.74 Å². The Labute approximate surface area is 164 Å². The number of nitriles is 1. The van der Waals surface area contributed by atoms with Crippen molar-refractivity contribution in [2.45, 2.75) is 39.7 Å². The van der Waals surface area contributed by atoms with Crippen molar-refractivity contribution in [3.8, 4) is 11.8 Å². The lowest BCUT2D eigenvalue weighted by molar-refractivity contribution is 0.264. The summed E-state index contributed by atoms with van der Waals surface area (Å²) < 4.78 is 20.9. The number of hydrogen-bond donors (Lipinski definition) is 0. The zero-order valence-corrected chi connectivity index (χ0v) is 16.3. The predicted molar refractivity (Wildman–Crippen MR) is 105 cm³/mol. The van der Waals surface area contributed by atoms with Crippen LogP contribution in [0.1, 0.15) is 44.2 Å². The molecular formula is C21H25FN4O2. The predicted octanol–water partition coefficient (Wildman–Crippen LogP) is 3.33. The fourth-order valence-corrected chi connectivity index (χ4v) is 3.28. The van der Waals surface area contributed by atoms with Gasteiger partial charge in [0, 0.05) is 13.1 Å². The average molecular weight is 384 g/mol. The van der Waals surface area contributed by atoms with Crippen LogP contribution in [0, 0.1) is 23.1 Å². The number of nitrogens with zero attached hydrogens (tertiary/aromatic N) is 4. The van der Waals surface area contributed by atoms with E-state index in [9.17, 15) is 14.4 Å². The van der Waals surface area contributed by atoms with Crippen molar-refractivity contribution in [3.05, 3.63) is 51.7 Å². The van der Waals surface area contributed by atoms with Crippen LogP contribution in [0.5, 0.6) is 5.75 Å². The molecule has 0 spiro atoms. The van der Waals surface area contributed by atoms with Crippen molar-refractivity contribution >= 4 is 5.95 Å². The van der Waals surface area contributed by atoms with Crippen LogP contribution in [0.25, 0.3) is 0 Å². The molecule has 1 fully saturated rings. The van der Waals surface area contributed by atoms with Crippen LogP contribution in [0.3, 0.4) is 0 Å². The minimum Gasteiger partial charge on any atom is -0.486 e. The number of aromatic nitrogens is 2. The highest BCUT2D eigenvalue weighted by Crippen LogP contribution is 2.20.